The Hall–Kier alpha value is -2.20. The number of amides is 1. The molecule has 2 rings (SSSR count). The normalized spacial score (nSPS) is 11.9. The fraction of sp³-hybridized carbons (Fsp3) is 0.235. The molecule has 110 valence electrons. The topological polar surface area (TPSA) is 38.3 Å². The lowest BCUT2D eigenvalue weighted by molar-refractivity contribution is -0.132. The zero-order chi connectivity index (χ0) is 15.1. The Morgan fingerprint density at radius 2 is 1.81 bits per heavy atom. The number of nitrogens with one attached hydrogen (secondary N) is 1. The Morgan fingerprint density at radius 1 is 1.14 bits per heavy atom. The maximum atomic E-state index is 13.4. The fourth-order valence-corrected chi connectivity index (χ4v) is 1.84. The van der Waals surface area contributed by atoms with Crippen molar-refractivity contribution in [1.29, 1.82) is 0 Å². The highest BCUT2D eigenvalue weighted by Gasteiger charge is 2.13. The van der Waals surface area contributed by atoms with Gasteiger partial charge in [0.25, 0.3) is 0 Å². The average molecular weight is 287 g/mol. The van der Waals surface area contributed by atoms with Gasteiger partial charge in [-0.15, -0.1) is 0 Å². The van der Waals surface area contributed by atoms with Crippen molar-refractivity contribution in [2.75, 3.05) is 0 Å². The van der Waals surface area contributed by atoms with Gasteiger partial charge in [0.1, 0.15) is 11.9 Å². The van der Waals surface area contributed by atoms with Crippen LogP contribution in [0.15, 0.2) is 54.6 Å². The van der Waals surface area contributed by atoms with Gasteiger partial charge >= 0.3 is 0 Å². The molecule has 2 aromatic rings. The van der Waals surface area contributed by atoms with Crippen LogP contribution >= 0.6 is 0 Å². The molecule has 1 amide bonds. The molecular formula is C17H18FNO2. The molecule has 0 aliphatic rings. The van der Waals surface area contributed by atoms with Crippen LogP contribution in [0.2, 0.25) is 0 Å². The van der Waals surface area contributed by atoms with Crippen LogP contribution in [0, 0.1) is 5.82 Å². The third-order valence-corrected chi connectivity index (χ3v) is 3.12. The van der Waals surface area contributed by atoms with Crippen LogP contribution in [0.25, 0.3) is 0 Å². The second kappa shape index (κ2) is 7.55. The van der Waals surface area contributed by atoms with E-state index < -0.39 is 6.10 Å². The van der Waals surface area contributed by atoms with Crippen molar-refractivity contribution in [3.63, 3.8) is 0 Å². The molecule has 2 aromatic carbocycles. The molecule has 0 heterocycles. The summed E-state index contributed by atoms with van der Waals surface area (Å²) in [5.74, 6) is -0.579. The molecule has 3 nitrogen and oxygen atoms in total. The third-order valence-electron chi connectivity index (χ3n) is 3.12. The highest BCUT2D eigenvalue weighted by atomic mass is 19.1. The van der Waals surface area contributed by atoms with Crippen molar-refractivity contribution in [2.45, 2.75) is 26.2 Å². The van der Waals surface area contributed by atoms with Crippen molar-refractivity contribution in [2.24, 2.45) is 0 Å². The molecule has 0 saturated heterocycles. The number of ether oxygens (including phenoxy) is 1. The number of hydrogen-bond acceptors (Lipinski definition) is 2. The van der Waals surface area contributed by atoms with E-state index in [1.54, 1.807) is 25.1 Å². The molecular weight excluding hydrogens is 269 g/mol. The van der Waals surface area contributed by atoms with E-state index in [1.165, 1.54) is 6.07 Å². The van der Waals surface area contributed by atoms with Crippen molar-refractivity contribution in [3.05, 3.63) is 71.5 Å². The third kappa shape index (κ3) is 4.68. The van der Waals surface area contributed by atoms with Gasteiger partial charge in [-0.3, -0.25) is 4.79 Å². The fourth-order valence-electron chi connectivity index (χ4n) is 1.84. The van der Waals surface area contributed by atoms with Gasteiger partial charge < -0.3 is 10.1 Å². The van der Waals surface area contributed by atoms with Crippen molar-refractivity contribution in [3.8, 4) is 0 Å². The van der Waals surface area contributed by atoms with E-state index in [2.05, 4.69) is 5.32 Å². The van der Waals surface area contributed by atoms with E-state index in [4.69, 9.17) is 4.74 Å². The average Bonchev–Trinajstić information content (AvgIpc) is 2.52. The SMILES string of the molecule is CC(OCc1ccccc1)C(=O)NCc1ccccc1F. The van der Waals surface area contributed by atoms with Crippen LogP contribution in [0.5, 0.6) is 0 Å². The summed E-state index contributed by atoms with van der Waals surface area (Å²) in [5.41, 5.74) is 1.47. The first-order valence-corrected chi connectivity index (χ1v) is 6.83. The number of carbonyl (C=O) groups is 1. The van der Waals surface area contributed by atoms with Crippen molar-refractivity contribution < 1.29 is 13.9 Å². The van der Waals surface area contributed by atoms with E-state index in [-0.39, 0.29) is 18.3 Å². The van der Waals surface area contributed by atoms with Gasteiger partial charge in [-0.2, -0.15) is 0 Å². The summed E-state index contributed by atoms with van der Waals surface area (Å²) >= 11 is 0. The molecule has 0 fully saturated rings. The van der Waals surface area contributed by atoms with E-state index in [0.29, 0.717) is 12.2 Å². The van der Waals surface area contributed by atoms with E-state index in [1.807, 2.05) is 30.3 Å². The molecule has 0 aliphatic heterocycles. The van der Waals surface area contributed by atoms with Gasteiger partial charge in [-0.25, -0.2) is 4.39 Å². The summed E-state index contributed by atoms with van der Waals surface area (Å²) in [6.45, 7) is 2.21. The summed E-state index contributed by atoms with van der Waals surface area (Å²) in [7, 11) is 0. The molecule has 4 heteroatoms. The zero-order valence-corrected chi connectivity index (χ0v) is 11.9. The summed E-state index contributed by atoms with van der Waals surface area (Å²) in [6, 6.07) is 16.0. The van der Waals surface area contributed by atoms with Crippen LogP contribution in [0.4, 0.5) is 4.39 Å². The van der Waals surface area contributed by atoms with Gasteiger partial charge in [0.15, 0.2) is 0 Å². The summed E-state index contributed by atoms with van der Waals surface area (Å²) in [6.07, 6.45) is -0.586. The van der Waals surface area contributed by atoms with Gasteiger partial charge in [-0.1, -0.05) is 48.5 Å². The van der Waals surface area contributed by atoms with Crippen LogP contribution in [0.3, 0.4) is 0 Å². The maximum Gasteiger partial charge on any atom is 0.249 e. The minimum atomic E-state index is -0.586. The predicted octanol–water partition coefficient (Wildman–Crippen LogP) is 3.05. The molecule has 21 heavy (non-hydrogen) atoms. The van der Waals surface area contributed by atoms with Gasteiger partial charge in [0, 0.05) is 12.1 Å². The molecule has 1 N–H and O–H groups in total. The number of rotatable bonds is 6. The number of benzene rings is 2. The minimum absolute atomic E-state index is 0.157. The Balaban J connectivity index is 1.79. The van der Waals surface area contributed by atoms with Crippen LogP contribution in [-0.2, 0) is 22.7 Å². The predicted molar refractivity (Wildman–Crippen MR) is 78.9 cm³/mol. The van der Waals surface area contributed by atoms with E-state index in [9.17, 15) is 9.18 Å². The molecule has 0 aliphatic carbocycles. The number of halogens is 1. The summed E-state index contributed by atoms with van der Waals surface area (Å²) in [5, 5.41) is 2.67. The summed E-state index contributed by atoms with van der Waals surface area (Å²) in [4.78, 5) is 11.9. The first kappa shape index (κ1) is 15.2. The highest BCUT2D eigenvalue weighted by molar-refractivity contribution is 5.80. The number of carbonyl (C=O) groups excluding carboxylic acids is 1. The van der Waals surface area contributed by atoms with Crippen LogP contribution in [0.1, 0.15) is 18.1 Å². The largest absolute Gasteiger partial charge is 0.364 e. The lowest BCUT2D eigenvalue weighted by atomic mass is 10.2. The smallest absolute Gasteiger partial charge is 0.249 e. The molecule has 0 aromatic heterocycles. The maximum absolute atomic E-state index is 13.4. The van der Waals surface area contributed by atoms with Crippen molar-refractivity contribution in [1.82, 2.24) is 5.32 Å². The second-order valence-electron chi connectivity index (χ2n) is 4.75. The van der Waals surface area contributed by atoms with E-state index in [0.717, 1.165) is 5.56 Å². The highest BCUT2D eigenvalue weighted by Crippen LogP contribution is 2.07. The number of hydrogen-bond donors (Lipinski definition) is 1. The molecule has 0 radical (unpaired) electrons. The van der Waals surface area contributed by atoms with E-state index >= 15 is 0 Å². The minimum Gasteiger partial charge on any atom is -0.364 e. The lowest BCUT2D eigenvalue weighted by Gasteiger charge is -2.13. The molecule has 0 bridgehead atoms. The Bertz CT molecular complexity index is 586. The lowest BCUT2D eigenvalue weighted by Crippen LogP contribution is -2.34. The Labute approximate surface area is 123 Å². The summed E-state index contributed by atoms with van der Waals surface area (Å²) < 4.78 is 18.9. The van der Waals surface area contributed by atoms with Gasteiger partial charge in [0.2, 0.25) is 5.91 Å². The monoisotopic (exact) mass is 287 g/mol. The second-order valence-corrected chi connectivity index (χ2v) is 4.75. The Morgan fingerprint density at radius 3 is 2.52 bits per heavy atom. The molecule has 1 unspecified atom stereocenters. The molecule has 0 saturated carbocycles. The molecule has 1 atom stereocenters. The first-order chi connectivity index (χ1) is 10.2. The zero-order valence-electron chi connectivity index (χ0n) is 11.9. The van der Waals surface area contributed by atoms with Gasteiger partial charge in [-0.05, 0) is 18.6 Å². The Kier molecular flexibility index (Phi) is 5.46. The first-order valence-electron chi connectivity index (χ1n) is 6.83. The van der Waals surface area contributed by atoms with Crippen molar-refractivity contribution >= 4 is 5.91 Å². The molecule has 0 spiro atoms. The standard InChI is InChI=1S/C17H18FNO2/c1-13(21-12-14-7-3-2-4-8-14)17(20)19-11-15-9-5-6-10-16(15)18/h2-10,13H,11-12H2,1H3,(H,19,20). The van der Waals surface area contributed by atoms with Gasteiger partial charge in [0.05, 0.1) is 6.61 Å². The van der Waals surface area contributed by atoms with Crippen LogP contribution < -0.4 is 5.32 Å². The van der Waals surface area contributed by atoms with Crippen LogP contribution in [-0.4, -0.2) is 12.0 Å². The quantitative estimate of drug-likeness (QED) is 0.887.